The van der Waals surface area contributed by atoms with Crippen LogP contribution in [0.1, 0.15) is 51.4 Å². The SMILES string of the molecule is C1CC(C(COCC(C2CCC3OC32)C2CCC3OC32)C2CCC3OC32)C2OC12. The zero-order valence-electron chi connectivity index (χ0n) is 17.2. The molecule has 4 aliphatic carbocycles. The average molecular weight is 403 g/mol. The van der Waals surface area contributed by atoms with Crippen molar-refractivity contribution in [2.45, 2.75) is 100 Å². The minimum Gasteiger partial charge on any atom is -0.381 e. The van der Waals surface area contributed by atoms with Gasteiger partial charge in [-0.3, -0.25) is 0 Å². The Bertz CT molecular complexity index is 576. The predicted octanol–water partition coefficient (Wildman–Crippen LogP) is 2.95. The number of ether oxygens (including phenoxy) is 5. The molecular weight excluding hydrogens is 368 g/mol. The Morgan fingerprint density at radius 3 is 1.00 bits per heavy atom. The molecule has 0 radical (unpaired) electrons. The van der Waals surface area contributed by atoms with Crippen LogP contribution >= 0.6 is 0 Å². The first-order valence-electron chi connectivity index (χ1n) is 12.5. The Morgan fingerprint density at radius 2 is 0.793 bits per heavy atom. The van der Waals surface area contributed by atoms with Gasteiger partial charge in [-0.25, -0.2) is 0 Å². The molecule has 8 rings (SSSR count). The third-order valence-corrected chi connectivity index (χ3v) is 10.1. The third kappa shape index (κ3) is 2.77. The molecule has 4 saturated heterocycles. The quantitative estimate of drug-likeness (QED) is 0.584. The minimum absolute atomic E-state index is 0.531. The summed E-state index contributed by atoms with van der Waals surface area (Å²) in [7, 11) is 0. The lowest BCUT2D eigenvalue weighted by Gasteiger charge is -2.33. The van der Waals surface area contributed by atoms with Crippen molar-refractivity contribution < 1.29 is 23.7 Å². The molecule has 5 heteroatoms. The summed E-state index contributed by atoms with van der Waals surface area (Å²) in [6, 6.07) is 0. The van der Waals surface area contributed by atoms with Gasteiger partial charge in [0, 0.05) is 0 Å². The molecule has 160 valence electrons. The van der Waals surface area contributed by atoms with Crippen LogP contribution in [0.3, 0.4) is 0 Å². The molecule has 8 fully saturated rings. The lowest BCUT2D eigenvalue weighted by Crippen LogP contribution is -2.35. The smallest absolute Gasteiger partial charge is 0.0873 e. The van der Waals surface area contributed by atoms with Gasteiger partial charge in [0.1, 0.15) is 0 Å². The second-order valence-corrected chi connectivity index (χ2v) is 11.4. The standard InChI is InChI=1S/C24H34O5/c1-5-17-21(26-17)11(1)15(12-2-6-18-22(12)27-18)9-25-10-16(13-3-7-19-23(13)28-19)14-4-8-20-24(14)29-20/h11-24H,1-10H2. The van der Waals surface area contributed by atoms with E-state index in [2.05, 4.69) is 0 Å². The first-order chi connectivity index (χ1) is 14.3. The van der Waals surface area contributed by atoms with E-state index in [-0.39, 0.29) is 0 Å². The summed E-state index contributed by atoms with van der Waals surface area (Å²) in [5.74, 6) is 4.09. The van der Waals surface area contributed by atoms with Crippen molar-refractivity contribution in [2.24, 2.45) is 35.5 Å². The van der Waals surface area contributed by atoms with Gasteiger partial charge in [0.2, 0.25) is 0 Å². The highest BCUT2D eigenvalue weighted by Crippen LogP contribution is 2.56. The predicted molar refractivity (Wildman–Crippen MR) is 103 cm³/mol. The van der Waals surface area contributed by atoms with Gasteiger partial charge in [-0.1, -0.05) is 0 Å². The van der Waals surface area contributed by atoms with E-state index in [0.717, 1.165) is 13.2 Å². The highest BCUT2D eigenvalue weighted by Gasteiger charge is 2.61. The van der Waals surface area contributed by atoms with E-state index < -0.39 is 0 Å². The molecule has 0 aromatic carbocycles. The number of epoxide rings is 4. The van der Waals surface area contributed by atoms with Crippen LogP contribution in [0.5, 0.6) is 0 Å². The van der Waals surface area contributed by atoms with Crippen LogP contribution in [-0.2, 0) is 23.7 Å². The number of fused-ring (bicyclic) bond motifs is 4. The molecule has 0 aromatic rings. The molecule has 0 spiro atoms. The number of rotatable bonds is 8. The lowest BCUT2D eigenvalue weighted by molar-refractivity contribution is -0.0166. The molecular formula is C24H34O5. The Labute approximate surface area is 173 Å². The van der Waals surface area contributed by atoms with Crippen molar-refractivity contribution >= 4 is 0 Å². The maximum atomic E-state index is 6.65. The Morgan fingerprint density at radius 1 is 0.483 bits per heavy atom. The van der Waals surface area contributed by atoms with Crippen LogP contribution in [0.15, 0.2) is 0 Å². The highest BCUT2D eigenvalue weighted by molar-refractivity contribution is 5.08. The van der Waals surface area contributed by atoms with Crippen molar-refractivity contribution in [3.05, 3.63) is 0 Å². The van der Waals surface area contributed by atoms with Gasteiger partial charge in [0.25, 0.3) is 0 Å². The molecule has 0 amide bonds. The van der Waals surface area contributed by atoms with Gasteiger partial charge in [0.05, 0.1) is 62.0 Å². The second-order valence-electron chi connectivity index (χ2n) is 11.4. The fourth-order valence-electron chi connectivity index (χ4n) is 8.45. The summed E-state index contributed by atoms with van der Waals surface area (Å²) in [6.45, 7) is 1.82. The topological polar surface area (TPSA) is 59.4 Å². The van der Waals surface area contributed by atoms with Crippen molar-refractivity contribution in [1.82, 2.24) is 0 Å². The first-order valence-corrected chi connectivity index (χ1v) is 12.5. The van der Waals surface area contributed by atoms with Crippen LogP contribution in [0.2, 0.25) is 0 Å². The molecule has 4 heterocycles. The van der Waals surface area contributed by atoms with Crippen molar-refractivity contribution in [3.63, 3.8) is 0 Å². The summed E-state index contributed by atoms with van der Waals surface area (Å²) in [4.78, 5) is 0. The van der Waals surface area contributed by atoms with Gasteiger partial charge >= 0.3 is 0 Å². The van der Waals surface area contributed by atoms with Crippen LogP contribution in [-0.4, -0.2) is 62.0 Å². The molecule has 8 aliphatic rings. The highest BCUT2D eigenvalue weighted by atomic mass is 16.6. The summed E-state index contributed by atoms with van der Waals surface area (Å²) >= 11 is 0. The Kier molecular flexibility index (Phi) is 3.71. The zero-order valence-corrected chi connectivity index (χ0v) is 17.2. The zero-order chi connectivity index (χ0) is 18.7. The van der Waals surface area contributed by atoms with Gasteiger partial charge in [-0.2, -0.15) is 0 Å². The molecule has 12 unspecified atom stereocenters. The van der Waals surface area contributed by atoms with E-state index in [1.165, 1.54) is 51.4 Å². The number of hydrogen-bond donors (Lipinski definition) is 0. The van der Waals surface area contributed by atoms with Gasteiger partial charge in [0.15, 0.2) is 0 Å². The molecule has 12 atom stereocenters. The average Bonchev–Trinajstić information content (AvgIpc) is 3.71. The van der Waals surface area contributed by atoms with Crippen molar-refractivity contribution in [3.8, 4) is 0 Å². The second kappa shape index (κ2) is 6.19. The summed E-state index contributed by atoms with van der Waals surface area (Å²) in [5, 5.41) is 0. The maximum absolute atomic E-state index is 6.65. The minimum atomic E-state index is 0.531. The fraction of sp³-hybridized carbons (Fsp3) is 1.00. The van der Waals surface area contributed by atoms with Crippen molar-refractivity contribution in [1.29, 1.82) is 0 Å². The third-order valence-electron chi connectivity index (χ3n) is 10.1. The van der Waals surface area contributed by atoms with E-state index in [0.29, 0.717) is 84.3 Å². The largest absolute Gasteiger partial charge is 0.381 e. The molecule has 0 N–H and O–H groups in total. The van der Waals surface area contributed by atoms with E-state index in [1.54, 1.807) is 0 Å². The van der Waals surface area contributed by atoms with Crippen LogP contribution in [0.25, 0.3) is 0 Å². The fourth-order valence-corrected chi connectivity index (χ4v) is 8.45. The van der Waals surface area contributed by atoms with Crippen molar-refractivity contribution in [2.75, 3.05) is 13.2 Å². The Hall–Kier alpha value is -0.200. The van der Waals surface area contributed by atoms with Gasteiger partial charge in [-0.05, 0) is 86.9 Å². The van der Waals surface area contributed by atoms with Crippen LogP contribution in [0, 0.1) is 35.5 Å². The summed E-state index contributed by atoms with van der Waals surface area (Å²) < 4.78 is 30.5. The Balaban J connectivity index is 0.972. The molecule has 4 saturated carbocycles. The normalized spacial score (nSPS) is 59.6. The first kappa shape index (κ1) is 17.4. The molecule has 0 bridgehead atoms. The van der Waals surface area contributed by atoms with Crippen LogP contribution in [0.4, 0.5) is 0 Å². The van der Waals surface area contributed by atoms with E-state index in [4.69, 9.17) is 23.7 Å². The van der Waals surface area contributed by atoms with E-state index in [1.807, 2.05) is 0 Å². The molecule has 0 aromatic heterocycles. The molecule has 29 heavy (non-hydrogen) atoms. The lowest BCUT2D eigenvalue weighted by atomic mass is 9.78. The van der Waals surface area contributed by atoms with Crippen LogP contribution < -0.4 is 0 Å². The molecule has 5 nitrogen and oxygen atoms in total. The van der Waals surface area contributed by atoms with Gasteiger partial charge in [-0.15, -0.1) is 0 Å². The maximum Gasteiger partial charge on any atom is 0.0873 e. The summed E-state index contributed by atoms with van der Waals surface area (Å²) in [6.07, 6.45) is 14.8. The van der Waals surface area contributed by atoms with E-state index in [9.17, 15) is 0 Å². The summed E-state index contributed by atoms with van der Waals surface area (Å²) in [5.41, 5.74) is 0. The monoisotopic (exact) mass is 402 g/mol. The molecule has 4 aliphatic heterocycles. The number of hydrogen-bond acceptors (Lipinski definition) is 5. The van der Waals surface area contributed by atoms with E-state index >= 15 is 0 Å². The van der Waals surface area contributed by atoms with Gasteiger partial charge < -0.3 is 23.7 Å².